The molecule has 112 valence electrons. The number of hydrogen-bond donors (Lipinski definition) is 1. The highest BCUT2D eigenvalue weighted by atomic mass is 19.4. The highest BCUT2D eigenvalue weighted by molar-refractivity contribution is 5.77. The molecule has 0 fully saturated rings. The molecule has 1 aromatic carbocycles. The number of anilines is 1. The van der Waals surface area contributed by atoms with Crippen LogP contribution in [-0.4, -0.2) is 44.8 Å². The second kappa shape index (κ2) is 7.25. The average Bonchev–Trinajstić information content (AvgIpc) is 2.42. The maximum atomic E-state index is 13.1. The summed E-state index contributed by atoms with van der Waals surface area (Å²) in [6.45, 7) is 0.205. The average molecular weight is 291 g/mol. The molecule has 0 aliphatic rings. The van der Waals surface area contributed by atoms with Crippen LogP contribution in [0.15, 0.2) is 18.2 Å². The predicted molar refractivity (Wildman–Crippen MR) is 68.0 cm³/mol. The third-order valence-corrected chi connectivity index (χ3v) is 2.74. The van der Waals surface area contributed by atoms with Gasteiger partial charge in [-0.3, -0.25) is 4.79 Å². The summed E-state index contributed by atoms with van der Waals surface area (Å²) in [6.07, 6.45) is -4.21. The smallest absolute Gasteiger partial charge is 0.395 e. The number of benzene rings is 1. The first-order valence-electron chi connectivity index (χ1n) is 5.95. The fourth-order valence-electron chi connectivity index (χ4n) is 1.80. The Balaban J connectivity index is 3.21. The van der Waals surface area contributed by atoms with Crippen LogP contribution >= 0.6 is 0 Å². The van der Waals surface area contributed by atoms with Gasteiger partial charge in [-0.2, -0.15) is 13.2 Å². The highest BCUT2D eigenvalue weighted by Crippen LogP contribution is 2.37. The summed E-state index contributed by atoms with van der Waals surface area (Å²) in [5.41, 5.74) is -1.02. The van der Waals surface area contributed by atoms with E-state index in [0.717, 1.165) is 6.07 Å². The van der Waals surface area contributed by atoms with Crippen molar-refractivity contribution in [1.29, 1.82) is 0 Å². The number of aliphatic hydroxyl groups excluding tert-OH is 1. The van der Waals surface area contributed by atoms with Gasteiger partial charge in [-0.25, -0.2) is 0 Å². The Morgan fingerprint density at radius 1 is 1.35 bits per heavy atom. The number of nitrogens with zero attached hydrogens (tertiary/aromatic N) is 1. The molecule has 0 aromatic heterocycles. The van der Waals surface area contributed by atoms with Gasteiger partial charge < -0.3 is 14.7 Å². The summed E-state index contributed by atoms with van der Waals surface area (Å²) >= 11 is 0. The first kappa shape index (κ1) is 16.5. The van der Waals surface area contributed by atoms with Gasteiger partial charge in [0.15, 0.2) is 0 Å². The van der Waals surface area contributed by atoms with Gasteiger partial charge in [0.05, 0.1) is 18.8 Å². The zero-order valence-corrected chi connectivity index (χ0v) is 11.0. The van der Waals surface area contributed by atoms with Crippen molar-refractivity contribution in [2.45, 2.75) is 6.18 Å². The third-order valence-electron chi connectivity index (χ3n) is 2.74. The number of aldehydes is 1. The van der Waals surface area contributed by atoms with Gasteiger partial charge >= 0.3 is 6.18 Å². The number of rotatable bonds is 7. The number of ether oxygens (including phenoxy) is 1. The van der Waals surface area contributed by atoms with Gasteiger partial charge in [0.2, 0.25) is 0 Å². The molecule has 0 unspecified atom stereocenters. The molecular formula is C13H16F3NO3. The van der Waals surface area contributed by atoms with Gasteiger partial charge in [-0.1, -0.05) is 0 Å². The Hall–Kier alpha value is -1.60. The number of methoxy groups -OCH3 is 1. The van der Waals surface area contributed by atoms with Gasteiger partial charge in [0, 0.05) is 31.5 Å². The van der Waals surface area contributed by atoms with E-state index >= 15 is 0 Å². The molecule has 20 heavy (non-hydrogen) atoms. The first-order chi connectivity index (χ1) is 9.43. The SMILES string of the molecule is COCCN(CCO)c1ccc(C=O)cc1C(F)(F)F. The Labute approximate surface area is 114 Å². The summed E-state index contributed by atoms with van der Waals surface area (Å²) in [7, 11) is 1.44. The first-order valence-corrected chi connectivity index (χ1v) is 5.95. The molecule has 7 heteroatoms. The maximum absolute atomic E-state index is 13.1. The largest absolute Gasteiger partial charge is 0.418 e. The Kier molecular flexibility index (Phi) is 5.97. The quantitative estimate of drug-likeness (QED) is 0.780. The molecule has 0 aliphatic heterocycles. The van der Waals surface area contributed by atoms with E-state index in [1.54, 1.807) is 0 Å². The second-order valence-corrected chi connectivity index (χ2v) is 4.10. The van der Waals surface area contributed by atoms with Crippen LogP contribution in [0.4, 0.5) is 18.9 Å². The topological polar surface area (TPSA) is 49.8 Å². The molecule has 0 atom stereocenters. The molecule has 0 amide bonds. The molecular weight excluding hydrogens is 275 g/mol. The third kappa shape index (κ3) is 4.21. The molecule has 1 aromatic rings. The summed E-state index contributed by atoms with van der Waals surface area (Å²) in [5, 5.41) is 8.97. The van der Waals surface area contributed by atoms with E-state index in [2.05, 4.69) is 0 Å². The predicted octanol–water partition coefficient (Wildman–Crippen LogP) is 1.96. The van der Waals surface area contributed by atoms with Crippen molar-refractivity contribution in [2.75, 3.05) is 38.3 Å². The summed E-state index contributed by atoms with van der Waals surface area (Å²) in [6, 6.07) is 3.35. The van der Waals surface area contributed by atoms with Crippen LogP contribution in [0.3, 0.4) is 0 Å². The number of alkyl halides is 3. The van der Waals surface area contributed by atoms with Crippen LogP contribution in [0, 0.1) is 0 Å². The molecule has 0 aliphatic carbocycles. The lowest BCUT2D eigenvalue weighted by molar-refractivity contribution is -0.137. The lowest BCUT2D eigenvalue weighted by Gasteiger charge is -2.27. The zero-order valence-electron chi connectivity index (χ0n) is 11.0. The minimum absolute atomic E-state index is 0.0447. The number of aliphatic hydroxyl groups is 1. The van der Waals surface area contributed by atoms with Crippen molar-refractivity contribution in [3.8, 4) is 0 Å². The molecule has 0 spiro atoms. The summed E-state index contributed by atoms with van der Waals surface area (Å²) in [5.74, 6) is 0. The van der Waals surface area contributed by atoms with Crippen molar-refractivity contribution in [3.63, 3.8) is 0 Å². The van der Waals surface area contributed by atoms with E-state index in [-0.39, 0.29) is 37.6 Å². The van der Waals surface area contributed by atoms with Crippen molar-refractivity contribution < 1.29 is 27.8 Å². The molecule has 1 rings (SSSR count). The zero-order chi connectivity index (χ0) is 15.2. The van der Waals surface area contributed by atoms with Gasteiger partial charge in [0.1, 0.15) is 6.29 Å². The van der Waals surface area contributed by atoms with Crippen molar-refractivity contribution in [1.82, 2.24) is 0 Å². The lowest BCUT2D eigenvalue weighted by atomic mass is 10.1. The molecule has 0 saturated carbocycles. The van der Waals surface area contributed by atoms with Crippen LogP contribution in [0.5, 0.6) is 0 Å². The van der Waals surface area contributed by atoms with Crippen molar-refractivity contribution >= 4 is 12.0 Å². The van der Waals surface area contributed by atoms with E-state index in [9.17, 15) is 18.0 Å². The van der Waals surface area contributed by atoms with Crippen LogP contribution in [-0.2, 0) is 10.9 Å². The van der Waals surface area contributed by atoms with Crippen LogP contribution < -0.4 is 4.90 Å². The van der Waals surface area contributed by atoms with Crippen molar-refractivity contribution in [3.05, 3.63) is 29.3 Å². The Bertz CT molecular complexity index is 449. The normalized spacial score (nSPS) is 11.4. The molecule has 1 N–H and O–H groups in total. The lowest BCUT2D eigenvalue weighted by Crippen LogP contribution is -2.32. The molecule has 0 bridgehead atoms. The molecule has 4 nitrogen and oxygen atoms in total. The fraction of sp³-hybridized carbons (Fsp3) is 0.462. The standard InChI is InChI=1S/C13H16F3NO3/c1-20-7-5-17(4-6-18)12-3-2-10(9-19)8-11(12)13(14,15)16/h2-3,8-9,18H,4-7H2,1H3. The fourth-order valence-corrected chi connectivity index (χ4v) is 1.80. The molecule has 0 heterocycles. The monoisotopic (exact) mass is 291 g/mol. The highest BCUT2D eigenvalue weighted by Gasteiger charge is 2.35. The number of hydrogen-bond acceptors (Lipinski definition) is 4. The Morgan fingerprint density at radius 2 is 2.05 bits per heavy atom. The van der Waals surface area contributed by atoms with E-state index < -0.39 is 11.7 Å². The minimum atomic E-state index is -4.57. The summed E-state index contributed by atoms with van der Waals surface area (Å²) < 4.78 is 44.0. The van der Waals surface area contributed by atoms with E-state index in [0.29, 0.717) is 6.29 Å². The number of carbonyl (C=O) groups excluding carboxylic acids is 1. The van der Waals surface area contributed by atoms with Crippen LogP contribution in [0.2, 0.25) is 0 Å². The van der Waals surface area contributed by atoms with E-state index in [1.807, 2.05) is 0 Å². The Morgan fingerprint density at radius 3 is 2.55 bits per heavy atom. The van der Waals surface area contributed by atoms with Gasteiger partial charge in [-0.05, 0) is 18.2 Å². The van der Waals surface area contributed by atoms with Gasteiger partial charge in [0.25, 0.3) is 0 Å². The van der Waals surface area contributed by atoms with Crippen LogP contribution in [0.1, 0.15) is 15.9 Å². The molecule has 0 saturated heterocycles. The van der Waals surface area contributed by atoms with Crippen LogP contribution in [0.25, 0.3) is 0 Å². The molecule has 0 radical (unpaired) electrons. The minimum Gasteiger partial charge on any atom is -0.395 e. The summed E-state index contributed by atoms with van der Waals surface area (Å²) in [4.78, 5) is 12.0. The van der Waals surface area contributed by atoms with E-state index in [1.165, 1.54) is 24.1 Å². The van der Waals surface area contributed by atoms with Gasteiger partial charge in [-0.15, -0.1) is 0 Å². The van der Waals surface area contributed by atoms with E-state index in [4.69, 9.17) is 9.84 Å². The maximum Gasteiger partial charge on any atom is 0.418 e. The van der Waals surface area contributed by atoms with Crippen molar-refractivity contribution in [2.24, 2.45) is 0 Å². The number of halogens is 3. The second-order valence-electron chi connectivity index (χ2n) is 4.10. The number of carbonyl (C=O) groups is 1.